The van der Waals surface area contributed by atoms with Gasteiger partial charge in [-0.1, -0.05) is 0 Å². The Bertz CT molecular complexity index is 743. The highest BCUT2D eigenvalue weighted by atomic mass is 32.1. The summed E-state index contributed by atoms with van der Waals surface area (Å²) in [5.74, 6) is -0.436. The Hall–Kier alpha value is -2.54. The molecule has 3 rings (SSSR count). The maximum absolute atomic E-state index is 11.0. The maximum Gasteiger partial charge on any atom is 0.335 e. The quantitative estimate of drug-likeness (QED) is 0.761. The average Bonchev–Trinajstić information content (AvgIpc) is 2.91. The van der Waals surface area contributed by atoms with Gasteiger partial charge in [0.15, 0.2) is 5.13 Å². The molecule has 94 valence electrons. The number of nitrogens with zero attached hydrogens (tertiary/aromatic N) is 3. The normalized spacial score (nSPS) is 10.5. The second kappa shape index (κ2) is 4.62. The number of rotatable bonds is 3. The summed E-state index contributed by atoms with van der Waals surface area (Å²) >= 11 is 1.44. The molecule has 1 aromatic carbocycles. The third-order valence-electron chi connectivity index (χ3n) is 2.54. The average molecular weight is 272 g/mol. The number of carboxylic acid groups (broad SMARTS) is 1. The van der Waals surface area contributed by atoms with Crippen LogP contribution in [0.4, 0.5) is 10.9 Å². The largest absolute Gasteiger partial charge is 0.478 e. The van der Waals surface area contributed by atoms with E-state index in [1.807, 2.05) is 5.38 Å². The topological polar surface area (TPSA) is 88.0 Å². The smallest absolute Gasteiger partial charge is 0.335 e. The second-order valence-electron chi connectivity index (χ2n) is 3.72. The first-order valence-corrected chi connectivity index (χ1v) is 6.26. The van der Waals surface area contributed by atoms with Crippen LogP contribution in [0, 0.1) is 0 Å². The Labute approximate surface area is 111 Å². The molecule has 19 heavy (non-hydrogen) atoms. The first-order chi connectivity index (χ1) is 9.24. The van der Waals surface area contributed by atoms with Crippen molar-refractivity contribution >= 4 is 39.2 Å². The molecule has 6 nitrogen and oxygen atoms in total. The summed E-state index contributed by atoms with van der Waals surface area (Å²) in [6, 6.07) is 4.73. The molecule has 0 radical (unpaired) electrons. The van der Waals surface area contributed by atoms with E-state index in [0.717, 1.165) is 0 Å². The SMILES string of the molecule is O=C(O)c1ccc2ncnc(Nc3nccs3)c2c1. The fourth-order valence-corrected chi connectivity index (χ4v) is 2.20. The molecule has 0 fully saturated rings. The Morgan fingerprint density at radius 2 is 2.16 bits per heavy atom. The van der Waals surface area contributed by atoms with E-state index < -0.39 is 5.97 Å². The van der Waals surface area contributed by atoms with Gasteiger partial charge in [-0.25, -0.2) is 19.7 Å². The monoisotopic (exact) mass is 272 g/mol. The third-order valence-corrected chi connectivity index (χ3v) is 3.23. The number of anilines is 2. The van der Waals surface area contributed by atoms with Crippen LogP contribution in [0.1, 0.15) is 10.4 Å². The molecule has 2 heterocycles. The van der Waals surface area contributed by atoms with Gasteiger partial charge in [-0.3, -0.25) is 0 Å². The summed E-state index contributed by atoms with van der Waals surface area (Å²) in [6.45, 7) is 0. The minimum absolute atomic E-state index is 0.199. The molecular weight excluding hydrogens is 264 g/mol. The van der Waals surface area contributed by atoms with Crippen molar-refractivity contribution < 1.29 is 9.90 Å². The zero-order valence-electron chi connectivity index (χ0n) is 9.57. The number of aromatic nitrogens is 3. The van der Waals surface area contributed by atoms with Gasteiger partial charge < -0.3 is 10.4 Å². The molecule has 0 saturated heterocycles. The van der Waals surface area contributed by atoms with Crippen LogP contribution in [0.3, 0.4) is 0 Å². The van der Waals surface area contributed by atoms with E-state index in [9.17, 15) is 4.79 Å². The number of hydrogen-bond donors (Lipinski definition) is 2. The van der Waals surface area contributed by atoms with E-state index in [-0.39, 0.29) is 5.56 Å². The number of benzene rings is 1. The van der Waals surface area contributed by atoms with Crippen molar-refractivity contribution in [1.82, 2.24) is 15.0 Å². The van der Waals surface area contributed by atoms with Crippen molar-refractivity contribution in [3.63, 3.8) is 0 Å². The summed E-state index contributed by atoms with van der Waals surface area (Å²) in [5.41, 5.74) is 0.878. The minimum atomic E-state index is -0.981. The Kier molecular flexibility index (Phi) is 2.81. The van der Waals surface area contributed by atoms with Crippen LogP contribution in [0.25, 0.3) is 10.9 Å². The van der Waals surface area contributed by atoms with Crippen molar-refractivity contribution in [1.29, 1.82) is 0 Å². The molecule has 0 aliphatic heterocycles. The number of aromatic carboxylic acids is 1. The Morgan fingerprint density at radius 3 is 2.89 bits per heavy atom. The van der Waals surface area contributed by atoms with E-state index in [4.69, 9.17) is 5.11 Å². The number of fused-ring (bicyclic) bond motifs is 1. The van der Waals surface area contributed by atoms with E-state index in [2.05, 4.69) is 20.3 Å². The molecule has 0 saturated carbocycles. The van der Waals surface area contributed by atoms with Crippen LogP contribution in [-0.2, 0) is 0 Å². The van der Waals surface area contributed by atoms with E-state index in [1.54, 1.807) is 18.3 Å². The molecule has 0 amide bonds. The summed E-state index contributed by atoms with van der Waals surface area (Å²) in [6.07, 6.45) is 3.11. The van der Waals surface area contributed by atoms with E-state index >= 15 is 0 Å². The van der Waals surface area contributed by atoms with Gasteiger partial charge in [0.2, 0.25) is 0 Å². The van der Waals surface area contributed by atoms with Gasteiger partial charge >= 0.3 is 5.97 Å². The summed E-state index contributed by atoms with van der Waals surface area (Å²) in [4.78, 5) is 23.4. The lowest BCUT2D eigenvalue weighted by Gasteiger charge is -2.06. The van der Waals surface area contributed by atoms with Crippen LogP contribution < -0.4 is 5.32 Å². The van der Waals surface area contributed by atoms with E-state index in [0.29, 0.717) is 21.9 Å². The number of nitrogens with one attached hydrogen (secondary N) is 1. The van der Waals surface area contributed by atoms with Gasteiger partial charge in [0.05, 0.1) is 11.1 Å². The lowest BCUT2D eigenvalue weighted by molar-refractivity contribution is 0.0697. The van der Waals surface area contributed by atoms with Crippen molar-refractivity contribution in [3.8, 4) is 0 Å². The molecule has 7 heteroatoms. The molecule has 0 atom stereocenters. The van der Waals surface area contributed by atoms with Crippen LogP contribution >= 0.6 is 11.3 Å². The standard InChI is InChI=1S/C12H8N4O2S/c17-11(18)7-1-2-9-8(5-7)10(15-6-14-9)16-12-13-3-4-19-12/h1-6H,(H,17,18)(H,13,14,15,16). The zero-order valence-corrected chi connectivity index (χ0v) is 10.4. The number of carbonyl (C=O) groups is 1. The van der Waals surface area contributed by atoms with Crippen molar-refractivity contribution in [2.75, 3.05) is 5.32 Å². The highest BCUT2D eigenvalue weighted by molar-refractivity contribution is 7.13. The van der Waals surface area contributed by atoms with Gasteiger partial charge in [0, 0.05) is 17.0 Å². The summed E-state index contributed by atoms with van der Waals surface area (Å²) in [5, 5.41) is 15.3. The molecule has 0 unspecified atom stereocenters. The zero-order chi connectivity index (χ0) is 13.2. The number of carboxylic acids is 1. The van der Waals surface area contributed by atoms with Gasteiger partial charge in [-0.2, -0.15) is 0 Å². The second-order valence-corrected chi connectivity index (χ2v) is 4.62. The van der Waals surface area contributed by atoms with Gasteiger partial charge in [-0.15, -0.1) is 11.3 Å². The van der Waals surface area contributed by atoms with Crippen LogP contribution in [0.15, 0.2) is 36.1 Å². The molecular formula is C12H8N4O2S. The number of thiazole rings is 1. The fourth-order valence-electron chi connectivity index (χ4n) is 1.68. The maximum atomic E-state index is 11.0. The van der Waals surface area contributed by atoms with E-state index in [1.165, 1.54) is 23.7 Å². The first-order valence-electron chi connectivity index (χ1n) is 5.38. The van der Waals surface area contributed by atoms with Gasteiger partial charge in [0.1, 0.15) is 12.1 Å². The van der Waals surface area contributed by atoms with Crippen LogP contribution in [0.5, 0.6) is 0 Å². The molecule has 0 aliphatic rings. The molecule has 2 N–H and O–H groups in total. The van der Waals surface area contributed by atoms with Gasteiger partial charge in [-0.05, 0) is 18.2 Å². The highest BCUT2D eigenvalue weighted by Crippen LogP contribution is 2.24. The molecule has 3 aromatic rings. The predicted octanol–water partition coefficient (Wildman–Crippen LogP) is 2.53. The minimum Gasteiger partial charge on any atom is -0.478 e. The molecule has 2 aromatic heterocycles. The predicted molar refractivity (Wildman–Crippen MR) is 71.9 cm³/mol. The lowest BCUT2D eigenvalue weighted by Crippen LogP contribution is -1.99. The van der Waals surface area contributed by atoms with Crippen molar-refractivity contribution in [3.05, 3.63) is 41.7 Å². The summed E-state index contributed by atoms with van der Waals surface area (Å²) < 4.78 is 0. The highest BCUT2D eigenvalue weighted by Gasteiger charge is 2.09. The fraction of sp³-hybridized carbons (Fsp3) is 0. The first kappa shape index (κ1) is 11.5. The molecule has 0 aliphatic carbocycles. The van der Waals surface area contributed by atoms with Gasteiger partial charge in [0.25, 0.3) is 0 Å². The lowest BCUT2D eigenvalue weighted by atomic mass is 10.1. The molecule has 0 spiro atoms. The number of hydrogen-bond acceptors (Lipinski definition) is 6. The third kappa shape index (κ3) is 2.23. The Morgan fingerprint density at radius 1 is 1.26 bits per heavy atom. The Balaban J connectivity index is 2.12. The van der Waals surface area contributed by atoms with Crippen LogP contribution in [0.2, 0.25) is 0 Å². The molecule has 0 bridgehead atoms. The summed E-state index contributed by atoms with van der Waals surface area (Å²) in [7, 11) is 0. The van der Waals surface area contributed by atoms with Crippen LogP contribution in [-0.4, -0.2) is 26.0 Å². The van der Waals surface area contributed by atoms with Crippen molar-refractivity contribution in [2.45, 2.75) is 0 Å². The van der Waals surface area contributed by atoms with Crippen molar-refractivity contribution in [2.24, 2.45) is 0 Å².